The standard InChI is InChI=1S/C10H13NO4/c1-14-7-2-4-8(5-3-7)15-9(6-11)10(12)13/h2-5,9H,6,11H2,1H3,(H,12,13). The minimum absolute atomic E-state index is 0.0681. The van der Waals surface area contributed by atoms with E-state index in [0.717, 1.165) is 0 Å². The van der Waals surface area contributed by atoms with Crippen molar-refractivity contribution in [2.24, 2.45) is 5.73 Å². The predicted octanol–water partition coefficient (Wildman–Crippen LogP) is 0.486. The summed E-state index contributed by atoms with van der Waals surface area (Å²) in [5.41, 5.74) is 5.25. The maximum absolute atomic E-state index is 10.6. The van der Waals surface area contributed by atoms with Gasteiger partial charge in [-0.1, -0.05) is 0 Å². The molecule has 0 amide bonds. The van der Waals surface area contributed by atoms with E-state index in [0.29, 0.717) is 11.5 Å². The van der Waals surface area contributed by atoms with Crippen molar-refractivity contribution in [3.05, 3.63) is 24.3 Å². The third-order valence-corrected chi connectivity index (χ3v) is 1.83. The topological polar surface area (TPSA) is 81.8 Å². The average molecular weight is 211 g/mol. The maximum atomic E-state index is 10.6. The van der Waals surface area contributed by atoms with Crippen LogP contribution in [-0.2, 0) is 4.79 Å². The molecule has 0 aliphatic carbocycles. The fraction of sp³-hybridized carbons (Fsp3) is 0.300. The second kappa shape index (κ2) is 5.21. The molecule has 0 saturated heterocycles. The van der Waals surface area contributed by atoms with Crippen LogP contribution in [0.1, 0.15) is 0 Å². The third kappa shape index (κ3) is 3.14. The summed E-state index contributed by atoms with van der Waals surface area (Å²) >= 11 is 0. The summed E-state index contributed by atoms with van der Waals surface area (Å²) in [6.45, 7) is -0.0681. The Morgan fingerprint density at radius 2 is 1.93 bits per heavy atom. The number of carboxylic acid groups (broad SMARTS) is 1. The fourth-order valence-electron chi connectivity index (χ4n) is 1.02. The molecule has 0 aromatic heterocycles. The molecule has 1 rings (SSSR count). The minimum Gasteiger partial charge on any atom is -0.497 e. The van der Waals surface area contributed by atoms with E-state index >= 15 is 0 Å². The highest BCUT2D eigenvalue weighted by molar-refractivity contribution is 5.73. The zero-order valence-electron chi connectivity index (χ0n) is 8.34. The number of benzene rings is 1. The number of hydrogen-bond acceptors (Lipinski definition) is 4. The van der Waals surface area contributed by atoms with Crippen molar-refractivity contribution >= 4 is 5.97 Å². The largest absolute Gasteiger partial charge is 0.497 e. The van der Waals surface area contributed by atoms with Crippen LogP contribution in [0.5, 0.6) is 11.5 Å². The second-order valence-corrected chi connectivity index (χ2v) is 2.86. The first kappa shape index (κ1) is 11.3. The first-order valence-corrected chi connectivity index (χ1v) is 4.41. The van der Waals surface area contributed by atoms with Gasteiger partial charge in [0.05, 0.1) is 7.11 Å². The first-order chi connectivity index (χ1) is 7.17. The summed E-state index contributed by atoms with van der Waals surface area (Å²) in [6, 6.07) is 6.63. The van der Waals surface area contributed by atoms with Crippen LogP contribution in [0.4, 0.5) is 0 Å². The van der Waals surface area contributed by atoms with E-state index in [9.17, 15) is 4.79 Å². The van der Waals surface area contributed by atoms with Crippen LogP contribution in [-0.4, -0.2) is 30.8 Å². The number of methoxy groups -OCH3 is 1. The van der Waals surface area contributed by atoms with Crippen LogP contribution < -0.4 is 15.2 Å². The van der Waals surface area contributed by atoms with Gasteiger partial charge in [-0.15, -0.1) is 0 Å². The van der Waals surface area contributed by atoms with Crippen LogP contribution in [0, 0.1) is 0 Å². The third-order valence-electron chi connectivity index (χ3n) is 1.83. The summed E-state index contributed by atoms with van der Waals surface area (Å²) in [5, 5.41) is 8.71. The minimum atomic E-state index is -1.08. The van der Waals surface area contributed by atoms with Crippen LogP contribution in [0.25, 0.3) is 0 Å². The van der Waals surface area contributed by atoms with Gasteiger partial charge in [-0.05, 0) is 24.3 Å². The molecule has 0 radical (unpaired) electrons. The van der Waals surface area contributed by atoms with E-state index in [2.05, 4.69) is 0 Å². The number of nitrogens with two attached hydrogens (primary N) is 1. The SMILES string of the molecule is COc1ccc(OC(CN)C(=O)O)cc1. The van der Waals surface area contributed by atoms with Crippen molar-refractivity contribution in [2.45, 2.75) is 6.10 Å². The Morgan fingerprint density at radius 1 is 1.40 bits per heavy atom. The quantitative estimate of drug-likeness (QED) is 0.740. The lowest BCUT2D eigenvalue weighted by atomic mass is 10.3. The normalized spacial score (nSPS) is 11.9. The van der Waals surface area contributed by atoms with Crippen molar-refractivity contribution in [3.8, 4) is 11.5 Å². The van der Waals surface area contributed by atoms with Crippen LogP contribution in [0.3, 0.4) is 0 Å². The Balaban J connectivity index is 2.67. The van der Waals surface area contributed by atoms with Gasteiger partial charge < -0.3 is 20.3 Å². The number of aliphatic carboxylic acids is 1. The smallest absolute Gasteiger partial charge is 0.346 e. The highest BCUT2D eigenvalue weighted by atomic mass is 16.5. The van der Waals surface area contributed by atoms with Crippen LogP contribution in [0.2, 0.25) is 0 Å². The molecule has 1 aromatic rings. The number of carboxylic acids is 1. The van der Waals surface area contributed by atoms with Crippen molar-refractivity contribution in [1.82, 2.24) is 0 Å². The molecule has 5 heteroatoms. The Labute approximate surface area is 87.4 Å². The Morgan fingerprint density at radius 3 is 2.33 bits per heavy atom. The lowest BCUT2D eigenvalue weighted by Gasteiger charge is -2.12. The van der Waals surface area contributed by atoms with E-state index in [4.69, 9.17) is 20.3 Å². The summed E-state index contributed by atoms with van der Waals surface area (Å²) in [4.78, 5) is 10.6. The first-order valence-electron chi connectivity index (χ1n) is 4.41. The zero-order valence-corrected chi connectivity index (χ0v) is 8.34. The molecule has 1 atom stereocenters. The van der Waals surface area contributed by atoms with E-state index in [1.165, 1.54) is 0 Å². The monoisotopic (exact) mass is 211 g/mol. The zero-order chi connectivity index (χ0) is 11.3. The van der Waals surface area contributed by atoms with Crippen molar-refractivity contribution < 1.29 is 19.4 Å². The highest BCUT2D eigenvalue weighted by Gasteiger charge is 2.16. The van der Waals surface area contributed by atoms with Crippen molar-refractivity contribution in [3.63, 3.8) is 0 Å². The van der Waals surface area contributed by atoms with Gasteiger partial charge in [-0.2, -0.15) is 0 Å². The highest BCUT2D eigenvalue weighted by Crippen LogP contribution is 2.17. The predicted molar refractivity (Wildman–Crippen MR) is 54.1 cm³/mol. The Bertz CT molecular complexity index is 323. The molecule has 0 fully saturated rings. The molecular formula is C10H13NO4. The van der Waals surface area contributed by atoms with Gasteiger partial charge in [0.25, 0.3) is 0 Å². The summed E-state index contributed by atoms with van der Waals surface area (Å²) in [5.74, 6) is 0.0592. The van der Waals surface area contributed by atoms with Gasteiger partial charge in [0.2, 0.25) is 6.10 Å². The summed E-state index contributed by atoms with van der Waals surface area (Å²) in [6.07, 6.45) is -1.02. The average Bonchev–Trinajstić information content (AvgIpc) is 2.26. The van der Waals surface area contributed by atoms with Gasteiger partial charge in [-0.3, -0.25) is 0 Å². The lowest BCUT2D eigenvalue weighted by molar-refractivity contribution is -0.144. The second-order valence-electron chi connectivity index (χ2n) is 2.86. The summed E-state index contributed by atoms with van der Waals surface area (Å²) < 4.78 is 10.1. The van der Waals surface area contributed by atoms with Crippen LogP contribution >= 0.6 is 0 Å². The van der Waals surface area contributed by atoms with E-state index < -0.39 is 12.1 Å². The van der Waals surface area contributed by atoms with Gasteiger partial charge in [0, 0.05) is 6.54 Å². The number of carbonyl (C=O) groups is 1. The van der Waals surface area contributed by atoms with Gasteiger partial charge in [0.1, 0.15) is 11.5 Å². The van der Waals surface area contributed by atoms with Gasteiger partial charge >= 0.3 is 5.97 Å². The molecule has 0 saturated carbocycles. The number of rotatable bonds is 5. The van der Waals surface area contributed by atoms with E-state index in [-0.39, 0.29) is 6.54 Å². The van der Waals surface area contributed by atoms with Crippen molar-refractivity contribution in [2.75, 3.05) is 13.7 Å². The lowest BCUT2D eigenvalue weighted by Crippen LogP contribution is -2.34. The molecule has 0 aliphatic rings. The molecule has 0 bridgehead atoms. The molecule has 1 aromatic carbocycles. The van der Waals surface area contributed by atoms with E-state index in [1.54, 1.807) is 31.4 Å². The van der Waals surface area contributed by atoms with Crippen LogP contribution in [0.15, 0.2) is 24.3 Å². The molecule has 3 N–H and O–H groups in total. The van der Waals surface area contributed by atoms with E-state index in [1.807, 2.05) is 0 Å². The molecule has 82 valence electrons. The van der Waals surface area contributed by atoms with Crippen molar-refractivity contribution in [1.29, 1.82) is 0 Å². The fourth-order valence-corrected chi connectivity index (χ4v) is 1.02. The van der Waals surface area contributed by atoms with Gasteiger partial charge in [0.15, 0.2) is 0 Å². The molecular weight excluding hydrogens is 198 g/mol. The maximum Gasteiger partial charge on any atom is 0.346 e. The Hall–Kier alpha value is -1.75. The molecule has 0 spiro atoms. The molecule has 1 unspecified atom stereocenters. The number of ether oxygens (including phenoxy) is 2. The Kier molecular flexibility index (Phi) is 3.93. The summed E-state index contributed by atoms with van der Waals surface area (Å²) in [7, 11) is 1.55. The molecule has 0 aliphatic heterocycles. The van der Waals surface area contributed by atoms with Gasteiger partial charge in [-0.25, -0.2) is 4.79 Å². The molecule has 15 heavy (non-hydrogen) atoms. The number of hydrogen-bond donors (Lipinski definition) is 2. The molecule has 0 heterocycles. The molecule has 5 nitrogen and oxygen atoms in total.